The molecule has 1 saturated heterocycles. The number of nitrogens with one attached hydrogen (secondary N) is 1. The van der Waals surface area contributed by atoms with Crippen molar-refractivity contribution in [1.82, 2.24) is 5.32 Å². The largest absolute Gasteiger partial charge is 0.374 e. The van der Waals surface area contributed by atoms with Crippen molar-refractivity contribution < 1.29 is 4.74 Å². The van der Waals surface area contributed by atoms with Gasteiger partial charge < -0.3 is 10.1 Å². The third kappa shape index (κ3) is 4.69. The normalized spacial score (nSPS) is 26.4. The van der Waals surface area contributed by atoms with Crippen LogP contribution in [0.25, 0.3) is 0 Å². The van der Waals surface area contributed by atoms with Crippen LogP contribution in [0.4, 0.5) is 0 Å². The van der Waals surface area contributed by atoms with E-state index in [1.54, 1.807) is 0 Å². The van der Waals surface area contributed by atoms with Crippen molar-refractivity contribution in [2.75, 3.05) is 13.2 Å². The quantitative estimate of drug-likeness (QED) is 0.542. The van der Waals surface area contributed by atoms with Gasteiger partial charge in [-0.3, -0.25) is 0 Å². The van der Waals surface area contributed by atoms with Crippen LogP contribution >= 0.6 is 0 Å². The average molecular weight is 237 g/mol. The molecule has 1 heterocycles. The molecule has 0 amide bonds. The summed E-state index contributed by atoms with van der Waals surface area (Å²) in [4.78, 5) is 0. The zero-order valence-corrected chi connectivity index (χ0v) is 11.4. The summed E-state index contributed by atoms with van der Waals surface area (Å²) < 4.78 is 6.04. The Kier molecular flexibility index (Phi) is 6.62. The second-order valence-electron chi connectivity index (χ2n) is 5.22. The third-order valence-corrected chi connectivity index (χ3v) is 3.69. The number of ether oxygens (including phenoxy) is 1. The van der Waals surface area contributed by atoms with Crippen molar-refractivity contribution >= 4 is 0 Å². The van der Waals surface area contributed by atoms with Gasteiger partial charge in [-0.1, -0.05) is 6.92 Å². The number of terminal acetylenes is 1. The van der Waals surface area contributed by atoms with E-state index in [1.165, 1.54) is 25.7 Å². The van der Waals surface area contributed by atoms with Crippen LogP contribution in [0.5, 0.6) is 0 Å². The SMILES string of the molecule is C#CCCCC(NCCC)C1(C)CCCCO1. The molecule has 2 unspecified atom stereocenters. The summed E-state index contributed by atoms with van der Waals surface area (Å²) in [5.74, 6) is 2.73. The van der Waals surface area contributed by atoms with Crippen LogP contribution in [0.2, 0.25) is 0 Å². The van der Waals surface area contributed by atoms with E-state index < -0.39 is 0 Å². The van der Waals surface area contributed by atoms with Crippen molar-refractivity contribution in [3.05, 3.63) is 0 Å². The Hall–Kier alpha value is -0.520. The van der Waals surface area contributed by atoms with Gasteiger partial charge in [0.05, 0.1) is 5.60 Å². The molecule has 1 aliphatic rings. The minimum atomic E-state index is 0.0159. The number of rotatable bonds is 7. The Balaban J connectivity index is 2.50. The molecule has 0 aromatic heterocycles. The third-order valence-electron chi connectivity index (χ3n) is 3.69. The highest BCUT2D eigenvalue weighted by atomic mass is 16.5. The molecule has 2 heteroatoms. The second kappa shape index (κ2) is 7.74. The van der Waals surface area contributed by atoms with E-state index in [2.05, 4.69) is 25.1 Å². The lowest BCUT2D eigenvalue weighted by Gasteiger charge is -2.41. The van der Waals surface area contributed by atoms with Gasteiger partial charge in [0.25, 0.3) is 0 Å². The monoisotopic (exact) mass is 237 g/mol. The highest BCUT2D eigenvalue weighted by Gasteiger charge is 2.35. The molecule has 0 aromatic carbocycles. The van der Waals surface area contributed by atoms with Crippen LogP contribution in [0.3, 0.4) is 0 Å². The molecule has 1 aliphatic heterocycles. The number of hydrogen-bond acceptors (Lipinski definition) is 2. The van der Waals surface area contributed by atoms with Gasteiger partial charge in [0, 0.05) is 19.1 Å². The van der Waals surface area contributed by atoms with Crippen LogP contribution < -0.4 is 5.32 Å². The van der Waals surface area contributed by atoms with Crippen molar-refractivity contribution in [2.24, 2.45) is 0 Å². The Morgan fingerprint density at radius 1 is 1.47 bits per heavy atom. The molecule has 1 fully saturated rings. The van der Waals surface area contributed by atoms with Crippen LogP contribution in [-0.2, 0) is 4.74 Å². The predicted octanol–water partition coefficient (Wildman–Crippen LogP) is 3.12. The van der Waals surface area contributed by atoms with Gasteiger partial charge in [0.2, 0.25) is 0 Å². The minimum absolute atomic E-state index is 0.0159. The van der Waals surface area contributed by atoms with Crippen molar-refractivity contribution in [1.29, 1.82) is 0 Å². The summed E-state index contributed by atoms with van der Waals surface area (Å²) in [6, 6.07) is 0.455. The first-order valence-corrected chi connectivity index (χ1v) is 7.03. The fraction of sp³-hybridized carbons (Fsp3) is 0.867. The topological polar surface area (TPSA) is 21.3 Å². The number of unbranched alkanes of at least 4 members (excludes halogenated alkanes) is 1. The van der Waals surface area contributed by atoms with Crippen molar-refractivity contribution in [2.45, 2.75) is 70.4 Å². The van der Waals surface area contributed by atoms with E-state index in [9.17, 15) is 0 Å². The average Bonchev–Trinajstić information content (AvgIpc) is 2.34. The first kappa shape index (κ1) is 14.5. The molecule has 1 rings (SSSR count). The summed E-state index contributed by atoms with van der Waals surface area (Å²) in [6.07, 6.45) is 13.3. The van der Waals surface area contributed by atoms with Gasteiger partial charge in [-0.15, -0.1) is 12.3 Å². The molecule has 2 nitrogen and oxygen atoms in total. The van der Waals surface area contributed by atoms with Gasteiger partial charge in [-0.25, -0.2) is 0 Å². The Bertz CT molecular complexity index is 238. The standard InChI is InChI=1S/C15H27NO/c1-4-6-7-10-14(16-12-5-2)15(3)11-8-9-13-17-15/h1,14,16H,5-13H2,2-3H3. The smallest absolute Gasteiger partial charge is 0.0806 e. The van der Waals surface area contributed by atoms with E-state index in [-0.39, 0.29) is 5.60 Å². The maximum Gasteiger partial charge on any atom is 0.0806 e. The molecule has 0 aromatic rings. The van der Waals surface area contributed by atoms with Crippen molar-refractivity contribution in [3.8, 4) is 12.3 Å². The van der Waals surface area contributed by atoms with Gasteiger partial charge in [0.1, 0.15) is 0 Å². The zero-order valence-electron chi connectivity index (χ0n) is 11.4. The van der Waals surface area contributed by atoms with Crippen LogP contribution in [0.1, 0.15) is 58.8 Å². The molecular formula is C15H27NO. The second-order valence-corrected chi connectivity index (χ2v) is 5.22. The van der Waals surface area contributed by atoms with E-state index in [1.807, 2.05) is 0 Å². The molecular weight excluding hydrogens is 210 g/mol. The molecule has 0 bridgehead atoms. The van der Waals surface area contributed by atoms with E-state index >= 15 is 0 Å². The molecule has 0 saturated carbocycles. The lowest BCUT2D eigenvalue weighted by molar-refractivity contribution is -0.0902. The fourth-order valence-electron chi connectivity index (χ4n) is 2.58. The van der Waals surface area contributed by atoms with Crippen molar-refractivity contribution in [3.63, 3.8) is 0 Å². The Morgan fingerprint density at radius 2 is 2.29 bits per heavy atom. The first-order valence-electron chi connectivity index (χ1n) is 7.03. The highest BCUT2D eigenvalue weighted by molar-refractivity contribution is 4.92. The molecule has 98 valence electrons. The maximum atomic E-state index is 6.04. The molecule has 17 heavy (non-hydrogen) atoms. The lowest BCUT2D eigenvalue weighted by Crippen LogP contribution is -2.52. The van der Waals surface area contributed by atoms with Gasteiger partial charge in [-0.05, 0) is 52.0 Å². The summed E-state index contributed by atoms with van der Waals surface area (Å²) in [7, 11) is 0. The summed E-state index contributed by atoms with van der Waals surface area (Å²) in [5.41, 5.74) is 0.0159. The Labute approximate surface area is 107 Å². The van der Waals surface area contributed by atoms with E-state index in [0.29, 0.717) is 6.04 Å². The minimum Gasteiger partial charge on any atom is -0.374 e. The lowest BCUT2D eigenvalue weighted by atomic mass is 9.85. The van der Waals surface area contributed by atoms with Gasteiger partial charge in [-0.2, -0.15) is 0 Å². The molecule has 2 atom stereocenters. The summed E-state index contributed by atoms with van der Waals surface area (Å²) >= 11 is 0. The summed E-state index contributed by atoms with van der Waals surface area (Å²) in [5, 5.41) is 3.64. The maximum absolute atomic E-state index is 6.04. The van der Waals surface area contributed by atoms with Crippen LogP contribution in [-0.4, -0.2) is 24.8 Å². The molecule has 0 aliphatic carbocycles. The van der Waals surface area contributed by atoms with E-state index in [0.717, 1.165) is 32.4 Å². The fourth-order valence-corrected chi connectivity index (χ4v) is 2.58. The van der Waals surface area contributed by atoms with E-state index in [4.69, 9.17) is 11.2 Å². The van der Waals surface area contributed by atoms with Crippen LogP contribution in [0, 0.1) is 12.3 Å². The van der Waals surface area contributed by atoms with Crippen LogP contribution in [0.15, 0.2) is 0 Å². The first-order chi connectivity index (χ1) is 8.23. The Morgan fingerprint density at radius 3 is 2.88 bits per heavy atom. The highest BCUT2D eigenvalue weighted by Crippen LogP contribution is 2.30. The molecule has 0 spiro atoms. The molecule has 1 N–H and O–H groups in total. The summed E-state index contributed by atoms with van der Waals surface area (Å²) in [6.45, 7) is 6.44. The van der Waals surface area contributed by atoms with Gasteiger partial charge >= 0.3 is 0 Å². The predicted molar refractivity (Wildman–Crippen MR) is 73.0 cm³/mol. The molecule has 0 radical (unpaired) electrons. The number of hydrogen-bond donors (Lipinski definition) is 1. The zero-order chi connectivity index (χ0) is 12.6. The van der Waals surface area contributed by atoms with Gasteiger partial charge in [0.15, 0.2) is 0 Å².